The molecule has 7 heteroatoms. The summed E-state index contributed by atoms with van der Waals surface area (Å²) >= 11 is 2.95. The van der Waals surface area contributed by atoms with Crippen molar-refractivity contribution in [1.82, 2.24) is 15.2 Å². The van der Waals surface area contributed by atoms with Crippen molar-refractivity contribution in [3.63, 3.8) is 0 Å². The smallest absolute Gasteiger partial charge is 0.257 e. The third kappa shape index (κ3) is 3.27. The summed E-state index contributed by atoms with van der Waals surface area (Å²) in [5.74, 6) is 0.736. The first-order valence-electron chi connectivity index (χ1n) is 5.39. The van der Waals surface area contributed by atoms with Crippen molar-refractivity contribution in [3.8, 4) is 0 Å². The molecule has 18 heavy (non-hydrogen) atoms. The topological polar surface area (TPSA) is 67.8 Å². The standard InChI is InChI=1S/C11H12N4OS2/c1-3-17-9-6-8(4-5-12-9)10(16)13-11-15-14-7(2)18-11/h4-6H,3H2,1-2H3,(H,13,15,16). The minimum atomic E-state index is -0.188. The number of nitrogens with zero attached hydrogens (tertiary/aromatic N) is 3. The van der Waals surface area contributed by atoms with Gasteiger partial charge in [0, 0.05) is 11.8 Å². The zero-order chi connectivity index (χ0) is 13.0. The van der Waals surface area contributed by atoms with E-state index in [4.69, 9.17) is 0 Å². The second-order valence-corrected chi connectivity index (χ2v) is 5.86. The number of nitrogens with one attached hydrogen (secondary N) is 1. The van der Waals surface area contributed by atoms with Gasteiger partial charge in [-0.2, -0.15) is 0 Å². The molecule has 0 fully saturated rings. The monoisotopic (exact) mass is 280 g/mol. The van der Waals surface area contributed by atoms with Crippen LogP contribution in [0.5, 0.6) is 0 Å². The molecule has 0 saturated heterocycles. The highest BCUT2D eigenvalue weighted by molar-refractivity contribution is 7.99. The van der Waals surface area contributed by atoms with Crippen LogP contribution < -0.4 is 5.32 Å². The summed E-state index contributed by atoms with van der Waals surface area (Å²) in [5.41, 5.74) is 0.578. The summed E-state index contributed by atoms with van der Waals surface area (Å²) in [5, 5.41) is 12.6. The Labute approximate surface area is 113 Å². The van der Waals surface area contributed by atoms with Crippen LogP contribution in [0.2, 0.25) is 0 Å². The minimum Gasteiger partial charge on any atom is -0.296 e. The second-order valence-electron chi connectivity index (χ2n) is 3.40. The maximum absolute atomic E-state index is 12.0. The molecule has 1 N–H and O–H groups in total. The van der Waals surface area contributed by atoms with Crippen LogP contribution >= 0.6 is 23.1 Å². The van der Waals surface area contributed by atoms with E-state index < -0.39 is 0 Å². The number of rotatable bonds is 4. The van der Waals surface area contributed by atoms with E-state index in [0.717, 1.165) is 15.8 Å². The van der Waals surface area contributed by atoms with Crippen LogP contribution in [0, 0.1) is 6.92 Å². The second kappa shape index (κ2) is 5.92. The highest BCUT2D eigenvalue weighted by atomic mass is 32.2. The Bertz CT molecular complexity index is 555. The van der Waals surface area contributed by atoms with Gasteiger partial charge >= 0.3 is 0 Å². The van der Waals surface area contributed by atoms with Gasteiger partial charge < -0.3 is 0 Å². The van der Waals surface area contributed by atoms with Crippen LogP contribution in [-0.2, 0) is 0 Å². The highest BCUT2D eigenvalue weighted by Gasteiger charge is 2.09. The van der Waals surface area contributed by atoms with Crippen LogP contribution in [0.15, 0.2) is 23.4 Å². The Kier molecular flexibility index (Phi) is 4.27. The van der Waals surface area contributed by atoms with Crippen molar-refractivity contribution in [2.75, 3.05) is 11.1 Å². The zero-order valence-electron chi connectivity index (χ0n) is 10.0. The maximum atomic E-state index is 12.0. The van der Waals surface area contributed by atoms with Crippen LogP contribution in [0.4, 0.5) is 5.13 Å². The number of anilines is 1. The molecule has 1 amide bonds. The number of aromatic nitrogens is 3. The van der Waals surface area contributed by atoms with E-state index in [1.807, 2.05) is 13.8 Å². The fraction of sp³-hybridized carbons (Fsp3) is 0.273. The van der Waals surface area contributed by atoms with E-state index in [1.54, 1.807) is 30.1 Å². The summed E-state index contributed by atoms with van der Waals surface area (Å²) in [6.45, 7) is 3.89. The first-order valence-corrected chi connectivity index (χ1v) is 7.19. The van der Waals surface area contributed by atoms with Gasteiger partial charge in [0.1, 0.15) is 5.01 Å². The lowest BCUT2D eigenvalue weighted by atomic mass is 10.2. The fourth-order valence-corrected chi connectivity index (χ4v) is 2.52. The van der Waals surface area contributed by atoms with Crippen LogP contribution in [0.3, 0.4) is 0 Å². The third-order valence-corrected chi connectivity index (χ3v) is 3.60. The van der Waals surface area contributed by atoms with Crippen LogP contribution in [0.25, 0.3) is 0 Å². The number of pyridine rings is 1. The Balaban J connectivity index is 2.11. The van der Waals surface area contributed by atoms with Crippen LogP contribution in [0.1, 0.15) is 22.3 Å². The number of hydrogen-bond donors (Lipinski definition) is 1. The number of amides is 1. The van der Waals surface area contributed by atoms with Gasteiger partial charge in [-0.15, -0.1) is 22.0 Å². The van der Waals surface area contributed by atoms with Crippen molar-refractivity contribution in [2.24, 2.45) is 0 Å². The molecule has 2 aromatic rings. The number of carbonyl (C=O) groups excluding carboxylic acids is 1. The van der Waals surface area contributed by atoms with E-state index in [-0.39, 0.29) is 5.91 Å². The van der Waals surface area contributed by atoms with E-state index in [1.165, 1.54) is 11.3 Å². The molecule has 0 aliphatic rings. The predicted octanol–water partition coefficient (Wildman–Crippen LogP) is 2.61. The predicted molar refractivity (Wildman–Crippen MR) is 73.2 cm³/mol. The summed E-state index contributed by atoms with van der Waals surface area (Å²) in [7, 11) is 0. The lowest BCUT2D eigenvalue weighted by molar-refractivity contribution is 0.102. The SMILES string of the molecule is CCSc1cc(C(=O)Nc2nnc(C)s2)ccn1. The largest absolute Gasteiger partial charge is 0.296 e. The van der Waals surface area contributed by atoms with E-state index in [2.05, 4.69) is 20.5 Å². The molecule has 0 unspecified atom stereocenters. The van der Waals surface area contributed by atoms with E-state index >= 15 is 0 Å². The fourth-order valence-electron chi connectivity index (χ4n) is 1.29. The molecule has 5 nitrogen and oxygen atoms in total. The quantitative estimate of drug-likeness (QED) is 0.872. The Morgan fingerprint density at radius 3 is 3.00 bits per heavy atom. The summed E-state index contributed by atoms with van der Waals surface area (Å²) < 4.78 is 0. The average Bonchev–Trinajstić information content (AvgIpc) is 2.75. The molecule has 94 valence electrons. The number of carbonyl (C=O) groups is 1. The van der Waals surface area contributed by atoms with Gasteiger partial charge in [0.05, 0.1) is 5.03 Å². The Hall–Kier alpha value is -1.47. The Morgan fingerprint density at radius 2 is 2.33 bits per heavy atom. The van der Waals surface area contributed by atoms with Gasteiger partial charge in [-0.05, 0) is 24.8 Å². The first-order chi connectivity index (χ1) is 8.69. The molecule has 0 bridgehead atoms. The van der Waals surface area contributed by atoms with Crippen molar-refractivity contribution >= 4 is 34.1 Å². The molecular weight excluding hydrogens is 268 g/mol. The summed E-state index contributed by atoms with van der Waals surface area (Å²) in [4.78, 5) is 16.2. The number of thioether (sulfide) groups is 1. The average molecular weight is 280 g/mol. The normalized spacial score (nSPS) is 10.3. The molecule has 0 aliphatic carbocycles. The van der Waals surface area contributed by atoms with Crippen molar-refractivity contribution in [2.45, 2.75) is 18.9 Å². The van der Waals surface area contributed by atoms with E-state index in [0.29, 0.717) is 10.7 Å². The van der Waals surface area contributed by atoms with Crippen molar-refractivity contribution < 1.29 is 4.79 Å². The number of hydrogen-bond acceptors (Lipinski definition) is 6. The Morgan fingerprint density at radius 1 is 1.50 bits per heavy atom. The van der Waals surface area contributed by atoms with E-state index in [9.17, 15) is 4.79 Å². The lowest BCUT2D eigenvalue weighted by Gasteiger charge is -2.02. The maximum Gasteiger partial charge on any atom is 0.257 e. The van der Waals surface area contributed by atoms with Crippen LogP contribution in [-0.4, -0.2) is 26.8 Å². The molecule has 2 heterocycles. The molecule has 0 radical (unpaired) electrons. The lowest BCUT2D eigenvalue weighted by Crippen LogP contribution is -2.11. The molecule has 0 aromatic carbocycles. The summed E-state index contributed by atoms with van der Waals surface area (Å²) in [6.07, 6.45) is 1.64. The highest BCUT2D eigenvalue weighted by Crippen LogP contribution is 2.18. The molecule has 2 aromatic heterocycles. The number of aryl methyl sites for hydroxylation is 1. The molecular formula is C11H12N4OS2. The molecule has 0 spiro atoms. The van der Waals surface area contributed by atoms with Crippen molar-refractivity contribution in [1.29, 1.82) is 0 Å². The molecule has 0 aliphatic heterocycles. The van der Waals surface area contributed by atoms with Crippen molar-refractivity contribution in [3.05, 3.63) is 28.9 Å². The zero-order valence-corrected chi connectivity index (χ0v) is 11.6. The van der Waals surface area contributed by atoms with Gasteiger partial charge in [-0.3, -0.25) is 10.1 Å². The van der Waals surface area contributed by atoms with Gasteiger partial charge in [0.15, 0.2) is 0 Å². The molecule has 2 rings (SSSR count). The third-order valence-electron chi connectivity index (χ3n) is 2.04. The minimum absolute atomic E-state index is 0.188. The molecule has 0 atom stereocenters. The van der Waals surface area contributed by atoms with Gasteiger partial charge in [-0.25, -0.2) is 4.98 Å². The molecule has 0 saturated carbocycles. The van der Waals surface area contributed by atoms with Gasteiger partial charge in [-0.1, -0.05) is 18.3 Å². The summed E-state index contributed by atoms with van der Waals surface area (Å²) in [6, 6.07) is 3.46. The first kappa shape index (κ1) is 13.0. The van der Waals surface area contributed by atoms with Gasteiger partial charge in [0.2, 0.25) is 5.13 Å². The van der Waals surface area contributed by atoms with Gasteiger partial charge in [0.25, 0.3) is 5.91 Å².